The third-order valence-corrected chi connectivity index (χ3v) is 6.38. The Morgan fingerprint density at radius 3 is 2.59 bits per heavy atom. The fourth-order valence-corrected chi connectivity index (χ4v) is 4.08. The van der Waals surface area contributed by atoms with E-state index in [-0.39, 0.29) is 22.8 Å². The highest BCUT2D eigenvalue weighted by atomic mass is 32.2. The predicted molar refractivity (Wildman–Crippen MR) is 116 cm³/mol. The molecule has 1 aliphatic rings. The number of aromatic nitrogens is 1. The highest BCUT2D eigenvalue weighted by Crippen LogP contribution is 2.24. The quantitative estimate of drug-likeness (QED) is 0.780. The SMILES string of the molecule is Cc1cc(NC(=O)C(C)SCC(=O)N2CCN(c3cccc(C)c3C)CC2)no1. The van der Waals surface area contributed by atoms with Crippen LogP contribution in [-0.2, 0) is 9.59 Å². The van der Waals surface area contributed by atoms with E-state index >= 15 is 0 Å². The lowest BCUT2D eigenvalue weighted by Crippen LogP contribution is -2.49. The molecule has 1 fully saturated rings. The monoisotopic (exact) mass is 416 g/mol. The summed E-state index contributed by atoms with van der Waals surface area (Å²) >= 11 is 1.34. The van der Waals surface area contributed by atoms with E-state index in [2.05, 4.69) is 47.4 Å². The van der Waals surface area contributed by atoms with Gasteiger partial charge in [0.1, 0.15) is 5.76 Å². The van der Waals surface area contributed by atoms with Gasteiger partial charge < -0.3 is 19.6 Å². The number of amides is 2. The Morgan fingerprint density at radius 2 is 1.93 bits per heavy atom. The molecule has 0 saturated carbocycles. The minimum Gasteiger partial charge on any atom is -0.368 e. The van der Waals surface area contributed by atoms with Gasteiger partial charge in [0.25, 0.3) is 0 Å². The first-order valence-electron chi connectivity index (χ1n) is 9.80. The lowest BCUT2D eigenvalue weighted by Gasteiger charge is -2.37. The summed E-state index contributed by atoms with van der Waals surface area (Å²) < 4.78 is 4.94. The number of hydrogen-bond acceptors (Lipinski definition) is 6. The van der Waals surface area contributed by atoms with Crippen molar-refractivity contribution in [3.8, 4) is 0 Å². The summed E-state index contributed by atoms with van der Waals surface area (Å²) in [6.45, 7) is 10.9. The van der Waals surface area contributed by atoms with Gasteiger partial charge in [0, 0.05) is 37.9 Å². The number of benzene rings is 1. The average molecular weight is 417 g/mol. The Kier molecular flexibility index (Phi) is 6.84. The molecular weight excluding hydrogens is 388 g/mol. The Labute approximate surface area is 175 Å². The van der Waals surface area contributed by atoms with Crippen LogP contribution >= 0.6 is 11.8 Å². The number of nitrogens with one attached hydrogen (secondary N) is 1. The number of aryl methyl sites for hydroxylation is 2. The van der Waals surface area contributed by atoms with E-state index in [1.165, 1.54) is 28.6 Å². The van der Waals surface area contributed by atoms with Gasteiger partial charge in [-0.15, -0.1) is 11.8 Å². The van der Waals surface area contributed by atoms with Crippen molar-refractivity contribution in [1.29, 1.82) is 0 Å². The molecule has 0 bridgehead atoms. The molecule has 2 amide bonds. The highest BCUT2D eigenvalue weighted by Gasteiger charge is 2.24. The summed E-state index contributed by atoms with van der Waals surface area (Å²) in [4.78, 5) is 29.0. The van der Waals surface area contributed by atoms with Crippen LogP contribution < -0.4 is 10.2 Å². The van der Waals surface area contributed by atoms with E-state index < -0.39 is 0 Å². The lowest BCUT2D eigenvalue weighted by molar-refractivity contribution is -0.128. The summed E-state index contributed by atoms with van der Waals surface area (Å²) in [6, 6.07) is 8.01. The maximum Gasteiger partial charge on any atom is 0.238 e. The third-order valence-electron chi connectivity index (χ3n) is 5.25. The molecule has 0 spiro atoms. The third kappa shape index (κ3) is 5.32. The van der Waals surface area contributed by atoms with Crippen LogP contribution in [0.4, 0.5) is 11.5 Å². The molecule has 1 unspecified atom stereocenters. The molecular formula is C21H28N4O3S. The molecule has 0 aliphatic carbocycles. The maximum absolute atomic E-state index is 12.6. The van der Waals surface area contributed by atoms with Crippen LogP contribution in [0.2, 0.25) is 0 Å². The minimum absolute atomic E-state index is 0.0764. The maximum atomic E-state index is 12.6. The van der Waals surface area contributed by atoms with E-state index in [0.29, 0.717) is 24.7 Å². The van der Waals surface area contributed by atoms with Gasteiger partial charge in [0.2, 0.25) is 11.8 Å². The van der Waals surface area contributed by atoms with Crippen LogP contribution in [-0.4, -0.2) is 59.1 Å². The normalized spacial score (nSPS) is 15.3. The van der Waals surface area contributed by atoms with Crippen molar-refractivity contribution < 1.29 is 14.1 Å². The summed E-state index contributed by atoms with van der Waals surface area (Å²) in [7, 11) is 0. The van der Waals surface area contributed by atoms with Crippen molar-refractivity contribution in [2.45, 2.75) is 32.9 Å². The van der Waals surface area contributed by atoms with E-state index in [0.717, 1.165) is 13.1 Å². The molecule has 0 radical (unpaired) electrons. The number of thioether (sulfide) groups is 1. The van der Waals surface area contributed by atoms with Crippen LogP contribution in [0, 0.1) is 20.8 Å². The van der Waals surface area contributed by atoms with Crippen molar-refractivity contribution in [1.82, 2.24) is 10.1 Å². The van der Waals surface area contributed by atoms with Gasteiger partial charge in [0.15, 0.2) is 5.82 Å². The predicted octanol–water partition coefficient (Wildman–Crippen LogP) is 3.01. The number of carbonyl (C=O) groups excluding carboxylic acids is 2. The molecule has 2 aromatic rings. The first-order valence-corrected chi connectivity index (χ1v) is 10.8. The average Bonchev–Trinajstić information content (AvgIpc) is 3.12. The zero-order valence-electron chi connectivity index (χ0n) is 17.4. The second-order valence-electron chi connectivity index (χ2n) is 7.35. The first kappa shape index (κ1) is 21.2. The van der Waals surface area contributed by atoms with Gasteiger partial charge >= 0.3 is 0 Å². The van der Waals surface area contributed by atoms with Crippen LogP contribution in [0.3, 0.4) is 0 Å². The van der Waals surface area contributed by atoms with Gasteiger partial charge in [-0.25, -0.2) is 0 Å². The Hall–Kier alpha value is -2.48. The van der Waals surface area contributed by atoms with E-state index in [9.17, 15) is 9.59 Å². The van der Waals surface area contributed by atoms with Crippen molar-refractivity contribution >= 4 is 35.1 Å². The number of hydrogen-bond donors (Lipinski definition) is 1. The summed E-state index contributed by atoms with van der Waals surface area (Å²) in [5.74, 6) is 1.21. The lowest BCUT2D eigenvalue weighted by atomic mass is 10.1. The number of carbonyl (C=O) groups is 2. The second-order valence-corrected chi connectivity index (χ2v) is 8.68. The Morgan fingerprint density at radius 1 is 1.21 bits per heavy atom. The molecule has 1 aromatic carbocycles. The smallest absolute Gasteiger partial charge is 0.238 e. The molecule has 2 heterocycles. The molecule has 7 nitrogen and oxygen atoms in total. The van der Waals surface area contributed by atoms with Crippen molar-refractivity contribution in [2.24, 2.45) is 0 Å². The van der Waals surface area contributed by atoms with Gasteiger partial charge in [-0.3, -0.25) is 9.59 Å². The molecule has 1 atom stereocenters. The number of nitrogens with zero attached hydrogens (tertiary/aromatic N) is 3. The zero-order chi connectivity index (χ0) is 21.0. The molecule has 1 aliphatic heterocycles. The zero-order valence-corrected chi connectivity index (χ0v) is 18.2. The van der Waals surface area contributed by atoms with Gasteiger partial charge in [-0.05, 0) is 44.9 Å². The highest BCUT2D eigenvalue weighted by molar-refractivity contribution is 8.01. The number of anilines is 2. The van der Waals surface area contributed by atoms with Gasteiger partial charge in [-0.1, -0.05) is 17.3 Å². The van der Waals surface area contributed by atoms with Crippen molar-refractivity contribution in [2.75, 3.05) is 42.1 Å². The molecule has 1 saturated heterocycles. The van der Waals surface area contributed by atoms with Gasteiger partial charge in [0.05, 0.1) is 11.0 Å². The Balaban J connectivity index is 1.44. The largest absolute Gasteiger partial charge is 0.368 e. The fourth-order valence-electron chi connectivity index (χ4n) is 3.29. The second kappa shape index (κ2) is 9.35. The van der Waals surface area contributed by atoms with Crippen molar-refractivity contribution in [3.63, 3.8) is 0 Å². The first-order chi connectivity index (χ1) is 13.8. The molecule has 29 heavy (non-hydrogen) atoms. The molecule has 156 valence electrons. The topological polar surface area (TPSA) is 78.7 Å². The number of rotatable bonds is 6. The van der Waals surface area contributed by atoms with E-state index in [1.807, 2.05) is 4.90 Å². The molecule has 1 N–H and O–H groups in total. The standard InChI is InChI=1S/C21H28N4O3S/c1-14-6-5-7-18(16(14)3)24-8-10-25(11-9-24)20(26)13-29-17(4)21(27)22-19-12-15(2)28-23-19/h5-7,12,17H,8-11,13H2,1-4H3,(H,22,23,27). The van der Waals surface area contributed by atoms with Crippen LogP contribution in [0.1, 0.15) is 23.8 Å². The fraction of sp³-hybridized carbons (Fsp3) is 0.476. The Bertz CT molecular complexity index is 875. The molecule has 1 aromatic heterocycles. The van der Waals surface area contributed by atoms with Crippen LogP contribution in [0.15, 0.2) is 28.8 Å². The summed E-state index contributed by atoms with van der Waals surface area (Å²) in [6.07, 6.45) is 0. The van der Waals surface area contributed by atoms with E-state index in [1.54, 1.807) is 19.9 Å². The van der Waals surface area contributed by atoms with Gasteiger partial charge in [-0.2, -0.15) is 0 Å². The van der Waals surface area contributed by atoms with Crippen molar-refractivity contribution in [3.05, 3.63) is 41.2 Å². The molecule has 8 heteroatoms. The minimum atomic E-state index is -0.354. The summed E-state index contributed by atoms with van der Waals surface area (Å²) in [5, 5.41) is 6.10. The molecule has 3 rings (SSSR count). The van der Waals surface area contributed by atoms with Crippen LogP contribution in [0.25, 0.3) is 0 Å². The van der Waals surface area contributed by atoms with Crippen LogP contribution in [0.5, 0.6) is 0 Å². The number of piperazine rings is 1. The van der Waals surface area contributed by atoms with E-state index in [4.69, 9.17) is 4.52 Å². The summed E-state index contributed by atoms with van der Waals surface area (Å²) in [5.41, 5.74) is 3.83.